The Morgan fingerprint density at radius 2 is 1.62 bits per heavy atom. The van der Waals surface area contributed by atoms with Crippen molar-refractivity contribution in [3.8, 4) is 0 Å². The standard InChI is InChI=1S/C12H23NO2S/c14-16(15,9-11-5-1-2-6-11)10-12-7-3-4-8-13-12/h11-13H,1-10H2. The molecule has 1 heterocycles. The van der Waals surface area contributed by atoms with E-state index in [1.807, 2.05) is 0 Å². The lowest BCUT2D eigenvalue weighted by Crippen LogP contribution is -2.40. The Morgan fingerprint density at radius 1 is 0.938 bits per heavy atom. The van der Waals surface area contributed by atoms with Gasteiger partial charge in [-0.25, -0.2) is 8.42 Å². The highest BCUT2D eigenvalue weighted by Crippen LogP contribution is 2.26. The summed E-state index contributed by atoms with van der Waals surface area (Å²) < 4.78 is 24.0. The Bertz CT molecular complexity index is 301. The van der Waals surface area contributed by atoms with Crippen molar-refractivity contribution in [2.24, 2.45) is 5.92 Å². The maximum absolute atomic E-state index is 12.0. The lowest BCUT2D eigenvalue weighted by atomic mass is 10.1. The molecule has 3 nitrogen and oxygen atoms in total. The fourth-order valence-corrected chi connectivity index (χ4v) is 5.06. The molecule has 0 aromatic carbocycles. The normalized spacial score (nSPS) is 28.4. The topological polar surface area (TPSA) is 46.2 Å². The molecule has 1 unspecified atom stereocenters. The molecule has 1 N–H and O–H groups in total. The molecule has 4 heteroatoms. The third-order valence-electron chi connectivity index (χ3n) is 3.83. The van der Waals surface area contributed by atoms with E-state index >= 15 is 0 Å². The molecule has 2 rings (SSSR count). The number of nitrogens with one attached hydrogen (secondary N) is 1. The lowest BCUT2D eigenvalue weighted by Gasteiger charge is -2.23. The maximum atomic E-state index is 12.0. The first-order valence-electron chi connectivity index (χ1n) is 6.59. The van der Waals surface area contributed by atoms with Crippen molar-refractivity contribution in [3.63, 3.8) is 0 Å². The Kier molecular flexibility index (Phi) is 4.25. The van der Waals surface area contributed by atoms with Crippen LogP contribution in [0.3, 0.4) is 0 Å². The van der Waals surface area contributed by atoms with Gasteiger partial charge in [-0.3, -0.25) is 0 Å². The molecule has 1 aliphatic carbocycles. The highest BCUT2D eigenvalue weighted by atomic mass is 32.2. The van der Waals surface area contributed by atoms with Crippen molar-refractivity contribution < 1.29 is 8.42 Å². The van der Waals surface area contributed by atoms with Crippen LogP contribution in [-0.2, 0) is 9.84 Å². The highest BCUT2D eigenvalue weighted by Gasteiger charge is 2.26. The van der Waals surface area contributed by atoms with Crippen LogP contribution in [0, 0.1) is 5.92 Å². The van der Waals surface area contributed by atoms with Crippen LogP contribution >= 0.6 is 0 Å². The van der Waals surface area contributed by atoms with Crippen LogP contribution in [-0.4, -0.2) is 32.5 Å². The smallest absolute Gasteiger partial charge is 0.152 e. The van der Waals surface area contributed by atoms with Gasteiger partial charge in [0.2, 0.25) is 0 Å². The zero-order valence-corrected chi connectivity index (χ0v) is 10.8. The lowest BCUT2D eigenvalue weighted by molar-refractivity contribution is 0.422. The second-order valence-corrected chi connectivity index (χ2v) is 7.53. The number of hydrogen-bond donors (Lipinski definition) is 1. The van der Waals surface area contributed by atoms with Gasteiger partial charge in [-0.2, -0.15) is 0 Å². The van der Waals surface area contributed by atoms with E-state index in [0.717, 1.165) is 25.8 Å². The van der Waals surface area contributed by atoms with E-state index in [1.165, 1.54) is 25.7 Å². The highest BCUT2D eigenvalue weighted by molar-refractivity contribution is 7.91. The SMILES string of the molecule is O=S(=O)(CC1CCCC1)CC1CCCCN1. The first-order valence-corrected chi connectivity index (χ1v) is 8.42. The molecular weight excluding hydrogens is 222 g/mol. The van der Waals surface area contributed by atoms with E-state index in [2.05, 4.69) is 5.32 Å². The molecule has 0 bridgehead atoms. The number of rotatable bonds is 4. The predicted octanol–water partition coefficient (Wildman–Crippen LogP) is 1.73. The third kappa shape index (κ3) is 3.74. The molecule has 1 saturated carbocycles. The van der Waals surface area contributed by atoms with Gasteiger partial charge in [0, 0.05) is 6.04 Å². The van der Waals surface area contributed by atoms with E-state index in [9.17, 15) is 8.42 Å². The average Bonchev–Trinajstić information content (AvgIpc) is 2.70. The van der Waals surface area contributed by atoms with Gasteiger partial charge in [0.05, 0.1) is 11.5 Å². The van der Waals surface area contributed by atoms with Crippen molar-refractivity contribution in [3.05, 3.63) is 0 Å². The summed E-state index contributed by atoms with van der Waals surface area (Å²) >= 11 is 0. The molecule has 0 radical (unpaired) electrons. The summed E-state index contributed by atoms with van der Waals surface area (Å²) in [6.07, 6.45) is 8.10. The van der Waals surface area contributed by atoms with Crippen LogP contribution in [0.4, 0.5) is 0 Å². The average molecular weight is 245 g/mol. The molecule has 2 aliphatic rings. The second-order valence-electron chi connectivity index (χ2n) is 5.37. The first kappa shape index (κ1) is 12.4. The van der Waals surface area contributed by atoms with Crippen molar-refractivity contribution in [1.82, 2.24) is 5.32 Å². The van der Waals surface area contributed by atoms with Crippen molar-refractivity contribution in [2.75, 3.05) is 18.1 Å². The third-order valence-corrected chi connectivity index (χ3v) is 5.72. The van der Waals surface area contributed by atoms with Crippen molar-refractivity contribution in [2.45, 2.75) is 51.0 Å². The largest absolute Gasteiger partial charge is 0.313 e. The summed E-state index contributed by atoms with van der Waals surface area (Å²) in [7, 11) is -2.83. The minimum Gasteiger partial charge on any atom is -0.313 e. The Hall–Kier alpha value is -0.0900. The zero-order chi connectivity index (χ0) is 11.4. The molecular formula is C12H23NO2S. The zero-order valence-electron chi connectivity index (χ0n) is 9.95. The van der Waals surface area contributed by atoms with E-state index < -0.39 is 9.84 Å². The predicted molar refractivity (Wildman–Crippen MR) is 66.3 cm³/mol. The summed E-state index contributed by atoms with van der Waals surface area (Å²) in [4.78, 5) is 0. The van der Waals surface area contributed by atoms with Gasteiger partial charge < -0.3 is 5.32 Å². The van der Waals surface area contributed by atoms with Gasteiger partial charge in [0.25, 0.3) is 0 Å². The number of sulfone groups is 1. The second kappa shape index (κ2) is 5.50. The maximum Gasteiger partial charge on any atom is 0.152 e. The molecule has 2 fully saturated rings. The first-order chi connectivity index (χ1) is 7.66. The molecule has 1 atom stereocenters. The minimum absolute atomic E-state index is 0.222. The van der Waals surface area contributed by atoms with Crippen LogP contribution < -0.4 is 5.32 Å². The van der Waals surface area contributed by atoms with Gasteiger partial charge in [0.15, 0.2) is 9.84 Å². The van der Waals surface area contributed by atoms with Gasteiger partial charge in [-0.05, 0) is 38.1 Å². The summed E-state index contributed by atoms with van der Waals surface area (Å²) in [5.41, 5.74) is 0. The van der Waals surface area contributed by atoms with Gasteiger partial charge in [-0.1, -0.05) is 19.3 Å². The van der Waals surface area contributed by atoms with Crippen LogP contribution in [0.1, 0.15) is 44.9 Å². The summed E-state index contributed by atoms with van der Waals surface area (Å²) in [5, 5.41) is 3.32. The van der Waals surface area contributed by atoms with Crippen LogP contribution in [0.25, 0.3) is 0 Å². The van der Waals surface area contributed by atoms with Crippen LogP contribution in [0.15, 0.2) is 0 Å². The summed E-state index contributed by atoms with van der Waals surface area (Å²) in [6, 6.07) is 0.222. The molecule has 0 aromatic rings. The number of hydrogen-bond acceptors (Lipinski definition) is 3. The van der Waals surface area contributed by atoms with E-state index in [0.29, 0.717) is 17.4 Å². The Morgan fingerprint density at radius 3 is 2.25 bits per heavy atom. The fraction of sp³-hybridized carbons (Fsp3) is 1.00. The van der Waals surface area contributed by atoms with Crippen molar-refractivity contribution in [1.29, 1.82) is 0 Å². The Labute approximate surface area is 98.9 Å². The molecule has 0 spiro atoms. The fourth-order valence-electron chi connectivity index (χ4n) is 2.98. The van der Waals surface area contributed by atoms with Crippen LogP contribution in [0.5, 0.6) is 0 Å². The van der Waals surface area contributed by atoms with Crippen molar-refractivity contribution >= 4 is 9.84 Å². The molecule has 1 aliphatic heterocycles. The Balaban J connectivity index is 1.81. The molecule has 1 saturated heterocycles. The van der Waals surface area contributed by atoms with E-state index in [1.54, 1.807) is 0 Å². The van der Waals surface area contributed by atoms with Gasteiger partial charge in [0.1, 0.15) is 0 Å². The van der Waals surface area contributed by atoms with E-state index in [-0.39, 0.29) is 6.04 Å². The minimum atomic E-state index is -2.83. The molecule has 0 aromatic heterocycles. The number of piperidine rings is 1. The van der Waals surface area contributed by atoms with Gasteiger partial charge in [-0.15, -0.1) is 0 Å². The molecule has 16 heavy (non-hydrogen) atoms. The van der Waals surface area contributed by atoms with Gasteiger partial charge >= 0.3 is 0 Å². The molecule has 94 valence electrons. The summed E-state index contributed by atoms with van der Waals surface area (Å²) in [5.74, 6) is 1.25. The monoisotopic (exact) mass is 245 g/mol. The van der Waals surface area contributed by atoms with E-state index in [4.69, 9.17) is 0 Å². The molecule has 0 amide bonds. The van der Waals surface area contributed by atoms with Crippen LogP contribution in [0.2, 0.25) is 0 Å². The summed E-state index contributed by atoms with van der Waals surface area (Å²) in [6.45, 7) is 0.990. The quantitative estimate of drug-likeness (QED) is 0.820.